The summed E-state index contributed by atoms with van der Waals surface area (Å²) < 4.78 is 0. The summed E-state index contributed by atoms with van der Waals surface area (Å²) in [5.74, 6) is 0. The number of nitrogens with zero attached hydrogens (tertiary/aromatic N) is 1. The van der Waals surface area contributed by atoms with Crippen molar-refractivity contribution in [2.45, 2.75) is 50.6 Å². The summed E-state index contributed by atoms with van der Waals surface area (Å²) in [5.41, 5.74) is 8.79. The third kappa shape index (κ3) is 1.95. The van der Waals surface area contributed by atoms with Gasteiger partial charge in [0.15, 0.2) is 0 Å². The fourth-order valence-corrected chi connectivity index (χ4v) is 3.60. The zero-order valence-corrected chi connectivity index (χ0v) is 10.4. The van der Waals surface area contributed by atoms with Gasteiger partial charge in [-0.15, -0.1) is 0 Å². The number of fused-ring (bicyclic) bond motifs is 1. The van der Waals surface area contributed by atoms with Crippen LogP contribution in [0.4, 0.5) is 5.69 Å². The molecular weight excluding hydrogens is 208 g/mol. The van der Waals surface area contributed by atoms with Crippen molar-refractivity contribution in [3.63, 3.8) is 0 Å². The van der Waals surface area contributed by atoms with Gasteiger partial charge in [-0.2, -0.15) is 0 Å². The van der Waals surface area contributed by atoms with Crippen molar-refractivity contribution in [3.05, 3.63) is 29.8 Å². The van der Waals surface area contributed by atoms with Gasteiger partial charge in [0.2, 0.25) is 0 Å². The Labute approximate surface area is 104 Å². The number of rotatable bonds is 3. The molecule has 1 atom stereocenters. The van der Waals surface area contributed by atoms with Crippen molar-refractivity contribution in [2.24, 2.45) is 5.73 Å². The van der Waals surface area contributed by atoms with Gasteiger partial charge in [0, 0.05) is 17.8 Å². The minimum absolute atomic E-state index is 0.653. The Morgan fingerprint density at radius 2 is 1.94 bits per heavy atom. The molecule has 1 fully saturated rings. The van der Waals surface area contributed by atoms with Crippen molar-refractivity contribution in [1.29, 1.82) is 0 Å². The molecule has 0 amide bonds. The van der Waals surface area contributed by atoms with E-state index < -0.39 is 0 Å². The molecule has 3 rings (SSSR count). The number of nitrogens with two attached hydrogens (primary N) is 1. The summed E-state index contributed by atoms with van der Waals surface area (Å²) >= 11 is 0. The van der Waals surface area contributed by atoms with E-state index in [-0.39, 0.29) is 0 Å². The van der Waals surface area contributed by atoms with Gasteiger partial charge >= 0.3 is 0 Å². The first-order valence-electron chi connectivity index (χ1n) is 6.96. The Bertz CT molecular complexity index is 382. The van der Waals surface area contributed by atoms with Crippen LogP contribution in [0.3, 0.4) is 0 Å². The van der Waals surface area contributed by atoms with E-state index in [0.717, 1.165) is 19.0 Å². The minimum atomic E-state index is 0.653. The molecule has 1 heterocycles. The molecule has 0 bridgehead atoms. The van der Waals surface area contributed by atoms with Crippen LogP contribution in [0, 0.1) is 0 Å². The van der Waals surface area contributed by atoms with Crippen LogP contribution in [-0.4, -0.2) is 18.6 Å². The zero-order chi connectivity index (χ0) is 11.7. The highest BCUT2D eigenvalue weighted by Gasteiger charge is 2.34. The van der Waals surface area contributed by atoms with Crippen LogP contribution in [0.1, 0.15) is 37.7 Å². The van der Waals surface area contributed by atoms with Crippen LogP contribution in [0.25, 0.3) is 0 Å². The van der Waals surface area contributed by atoms with Gasteiger partial charge in [-0.1, -0.05) is 31.0 Å². The first kappa shape index (κ1) is 11.1. The number of benzene rings is 1. The fourth-order valence-electron chi connectivity index (χ4n) is 3.60. The molecule has 0 saturated heterocycles. The highest BCUT2D eigenvalue weighted by Crippen LogP contribution is 2.38. The smallest absolute Gasteiger partial charge is 0.0404 e. The molecule has 0 spiro atoms. The summed E-state index contributed by atoms with van der Waals surface area (Å²) in [6.07, 6.45) is 7.87. The van der Waals surface area contributed by atoms with E-state index in [1.54, 1.807) is 0 Å². The van der Waals surface area contributed by atoms with E-state index >= 15 is 0 Å². The molecule has 2 N–H and O–H groups in total. The molecule has 92 valence electrons. The number of hydrogen-bond donors (Lipinski definition) is 1. The van der Waals surface area contributed by atoms with E-state index in [4.69, 9.17) is 5.73 Å². The standard InChI is InChI=1S/C15H22N2/c16-10-9-14-11-12-5-1-4-8-15(12)17(14)13-6-2-3-7-13/h1,4-5,8,13-14H,2-3,6-7,9-11,16H2. The molecule has 1 saturated carbocycles. The van der Waals surface area contributed by atoms with Gasteiger partial charge < -0.3 is 10.6 Å². The maximum absolute atomic E-state index is 5.78. The van der Waals surface area contributed by atoms with Crippen molar-refractivity contribution in [3.8, 4) is 0 Å². The predicted octanol–water partition coefficient (Wildman–Crippen LogP) is 2.71. The largest absolute Gasteiger partial charge is 0.365 e. The van der Waals surface area contributed by atoms with Crippen LogP contribution in [0.2, 0.25) is 0 Å². The molecule has 2 heteroatoms. The molecular formula is C15H22N2. The van der Waals surface area contributed by atoms with Crippen LogP contribution in [-0.2, 0) is 6.42 Å². The van der Waals surface area contributed by atoms with Crippen molar-refractivity contribution in [2.75, 3.05) is 11.4 Å². The topological polar surface area (TPSA) is 29.3 Å². The first-order chi connectivity index (χ1) is 8.40. The monoisotopic (exact) mass is 230 g/mol. The lowest BCUT2D eigenvalue weighted by Gasteiger charge is -2.33. The summed E-state index contributed by atoms with van der Waals surface area (Å²) in [5, 5.41) is 0. The van der Waals surface area contributed by atoms with Gasteiger partial charge in [-0.3, -0.25) is 0 Å². The van der Waals surface area contributed by atoms with Gasteiger partial charge in [-0.25, -0.2) is 0 Å². The third-order valence-electron chi connectivity index (χ3n) is 4.34. The van der Waals surface area contributed by atoms with E-state index in [0.29, 0.717) is 6.04 Å². The Morgan fingerprint density at radius 1 is 1.18 bits per heavy atom. The van der Waals surface area contributed by atoms with E-state index in [9.17, 15) is 0 Å². The maximum Gasteiger partial charge on any atom is 0.0404 e. The first-order valence-corrected chi connectivity index (χ1v) is 6.96. The molecule has 1 aliphatic heterocycles. The highest BCUT2D eigenvalue weighted by atomic mass is 15.2. The Kier molecular flexibility index (Phi) is 3.06. The summed E-state index contributed by atoms with van der Waals surface area (Å²) in [7, 11) is 0. The minimum Gasteiger partial charge on any atom is -0.365 e. The Balaban J connectivity index is 1.89. The second-order valence-electron chi connectivity index (χ2n) is 5.41. The molecule has 1 unspecified atom stereocenters. The maximum atomic E-state index is 5.78. The lowest BCUT2D eigenvalue weighted by Crippen LogP contribution is -2.40. The second-order valence-corrected chi connectivity index (χ2v) is 5.41. The molecule has 2 aliphatic rings. The van der Waals surface area contributed by atoms with Gasteiger partial charge in [0.25, 0.3) is 0 Å². The van der Waals surface area contributed by atoms with Gasteiger partial charge in [0.1, 0.15) is 0 Å². The Hall–Kier alpha value is -1.02. The van der Waals surface area contributed by atoms with E-state index in [1.807, 2.05) is 0 Å². The van der Waals surface area contributed by atoms with Crippen molar-refractivity contribution in [1.82, 2.24) is 0 Å². The summed E-state index contributed by atoms with van der Waals surface area (Å²) in [4.78, 5) is 2.69. The normalized spacial score (nSPS) is 24.3. The van der Waals surface area contributed by atoms with Crippen LogP contribution >= 0.6 is 0 Å². The average Bonchev–Trinajstić information content (AvgIpc) is 2.94. The van der Waals surface area contributed by atoms with Crippen molar-refractivity contribution >= 4 is 5.69 Å². The van der Waals surface area contributed by atoms with Crippen LogP contribution < -0.4 is 10.6 Å². The number of hydrogen-bond acceptors (Lipinski definition) is 2. The van der Waals surface area contributed by atoms with Crippen LogP contribution in [0.15, 0.2) is 24.3 Å². The summed E-state index contributed by atoms with van der Waals surface area (Å²) in [6, 6.07) is 10.3. The van der Waals surface area contributed by atoms with Gasteiger partial charge in [-0.05, 0) is 43.9 Å². The average molecular weight is 230 g/mol. The molecule has 0 aromatic heterocycles. The van der Waals surface area contributed by atoms with Crippen molar-refractivity contribution < 1.29 is 0 Å². The molecule has 1 aromatic rings. The fraction of sp³-hybridized carbons (Fsp3) is 0.600. The molecule has 2 nitrogen and oxygen atoms in total. The molecule has 17 heavy (non-hydrogen) atoms. The van der Waals surface area contributed by atoms with E-state index in [1.165, 1.54) is 43.4 Å². The lowest BCUT2D eigenvalue weighted by molar-refractivity contribution is 0.508. The number of para-hydroxylation sites is 1. The number of anilines is 1. The summed E-state index contributed by atoms with van der Waals surface area (Å²) in [6.45, 7) is 0.807. The van der Waals surface area contributed by atoms with Gasteiger partial charge in [0.05, 0.1) is 0 Å². The second kappa shape index (κ2) is 4.69. The SMILES string of the molecule is NCCC1Cc2ccccc2N1C1CCCC1. The predicted molar refractivity (Wildman–Crippen MR) is 72.3 cm³/mol. The Morgan fingerprint density at radius 3 is 2.71 bits per heavy atom. The molecule has 1 aromatic carbocycles. The third-order valence-corrected chi connectivity index (χ3v) is 4.34. The van der Waals surface area contributed by atoms with E-state index in [2.05, 4.69) is 29.2 Å². The zero-order valence-electron chi connectivity index (χ0n) is 10.4. The lowest BCUT2D eigenvalue weighted by atomic mass is 10.1. The highest BCUT2D eigenvalue weighted by molar-refractivity contribution is 5.60. The molecule has 1 aliphatic carbocycles. The van der Waals surface area contributed by atoms with Crippen LogP contribution in [0.5, 0.6) is 0 Å². The molecule has 0 radical (unpaired) electrons. The quantitative estimate of drug-likeness (QED) is 0.865.